The van der Waals surface area contributed by atoms with Crippen LogP contribution in [0.4, 0.5) is 0 Å². The zero-order chi connectivity index (χ0) is 20.9. The molecule has 0 saturated carbocycles. The molecule has 3 heterocycles. The molecule has 0 fully saturated rings. The van der Waals surface area contributed by atoms with Gasteiger partial charge < -0.3 is 5.32 Å². The first-order chi connectivity index (χ1) is 14.7. The Morgan fingerprint density at radius 3 is 2.83 bits per heavy atom. The second-order valence-corrected chi connectivity index (χ2v) is 8.80. The van der Waals surface area contributed by atoms with Crippen molar-refractivity contribution >= 4 is 45.0 Å². The molecule has 0 saturated heterocycles. The van der Waals surface area contributed by atoms with Gasteiger partial charge in [0.05, 0.1) is 11.3 Å². The minimum Gasteiger partial charge on any atom is -0.355 e. The van der Waals surface area contributed by atoms with E-state index in [4.69, 9.17) is 0 Å². The molecule has 0 atom stereocenters. The number of thioether (sulfide) groups is 1. The molecule has 0 aliphatic rings. The van der Waals surface area contributed by atoms with Crippen molar-refractivity contribution in [1.29, 1.82) is 0 Å². The van der Waals surface area contributed by atoms with Crippen LogP contribution in [0.25, 0.3) is 16.0 Å². The van der Waals surface area contributed by atoms with Gasteiger partial charge in [0.1, 0.15) is 4.70 Å². The van der Waals surface area contributed by atoms with Crippen LogP contribution >= 0.6 is 23.1 Å². The summed E-state index contributed by atoms with van der Waals surface area (Å²) < 4.78 is 4.23. The molecule has 7 nitrogen and oxygen atoms in total. The Morgan fingerprint density at radius 2 is 2.03 bits per heavy atom. The molecule has 30 heavy (non-hydrogen) atoms. The van der Waals surface area contributed by atoms with Crippen molar-refractivity contribution in [3.05, 3.63) is 57.7 Å². The number of rotatable bonds is 9. The lowest BCUT2D eigenvalue weighted by molar-refractivity contribution is -0.118. The van der Waals surface area contributed by atoms with Gasteiger partial charge in [-0.3, -0.25) is 18.6 Å². The summed E-state index contributed by atoms with van der Waals surface area (Å²) in [6.45, 7) is 3.25. The Morgan fingerprint density at radius 1 is 1.20 bits per heavy atom. The van der Waals surface area contributed by atoms with E-state index in [1.807, 2.05) is 41.0 Å². The normalized spacial score (nSPS) is 11.4. The highest BCUT2D eigenvalue weighted by molar-refractivity contribution is 7.99. The molecule has 4 aromatic rings. The second kappa shape index (κ2) is 9.44. The van der Waals surface area contributed by atoms with E-state index in [2.05, 4.69) is 27.6 Å². The third kappa shape index (κ3) is 4.27. The van der Waals surface area contributed by atoms with Gasteiger partial charge in [0, 0.05) is 13.1 Å². The number of amides is 1. The SMILES string of the molecule is CCCn1c(=O)c2sccc2n2c(SCC(=O)NCCCc3ccccc3)nnc12. The summed E-state index contributed by atoms with van der Waals surface area (Å²) in [6.07, 6.45) is 2.66. The van der Waals surface area contributed by atoms with Crippen LogP contribution in [0.15, 0.2) is 51.7 Å². The number of aromatic nitrogens is 4. The van der Waals surface area contributed by atoms with E-state index in [-0.39, 0.29) is 17.2 Å². The third-order valence-corrected chi connectivity index (χ3v) is 6.59. The van der Waals surface area contributed by atoms with Crippen molar-refractivity contribution in [3.63, 3.8) is 0 Å². The molecule has 3 aromatic heterocycles. The lowest BCUT2D eigenvalue weighted by Crippen LogP contribution is -2.26. The molecule has 1 amide bonds. The van der Waals surface area contributed by atoms with Crippen LogP contribution in [0, 0.1) is 0 Å². The number of nitrogens with one attached hydrogen (secondary N) is 1. The number of thiophene rings is 1. The van der Waals surface area contributed by atoms with Crippen molar-refractivity contribution in [2.24, 2.45) is 0 Å². The fraction of sp³-hybridized carbons (Fsp3) is 0.333. The summed E-state index contributed by atoms with van der Waals surface area (Å²) in [5.74, 6) is 0.747. The monoisotopic (exact) mass is 441 g/mol. The molecule has 0 unspecified atom stereocenters. The summed E-state index contributed by atoms with van der Waals surface area (Å²) in [6, 6.07) is 12.1. The number of carbonyl (C=O) groups excluding carboxylic acids is 1. The van der Waals surface area contributed by atoms with Gasteiger partial charge in [0.2, 0.25) is 11.7 Å². The van der Waals surface area contributed by atoms with Gasteiger partial charge in [-0.15, -0.1) is 21.5 Å². The largest absolute Gasteiger partial charge is 0.355 e. The van der Waals surface area contributed by atoms with Crippen molar-refractivity contribution in [2.75, 3.05) is 12.3 Å². The molecule has 4 rings (SSSR count). The van der Waals surface area contributed by atoms with E-state index in [9.17, 15) is 9.59 Å². The first kappa shape index (κ1) is 20.6. The Kier molecular flexibility index (Phi) is 6.49. The number of aryl methyl sites for hydroxylation is 2. The smallest absolute Gasteiger partial charge is 0.272 e. The fourth-order valence-electron chi connectivity index (χ4n) is 3.36. The van der Waals surface area contributed by atoms with E-state index in [0.717, 1.165) is 24.8 Å². The maximum absolute atomic E-state index is 12.7. The summed E-state index contributed by atoms with van der Waals surface area (Å²) in [7, 11) is 0. The van der Waals surface area contributed by atoms with Crippen LogP contribution in [0.3, 0.4) is 0 Å². The highest BCUT2D eigenvalue weighted by atomic mass is 32.2. The van der Waals surface area contributed by atoms with Gasteiger partial charge in [0.25, 0.3) is 5.56 Å². The molecule has 0 aliphatic heterocycles. The van der Waals surface area contributed by atoms with Crippen molar-refractivity contribution < 1.29 is 4.79 Å². The second-order valence-electron chi connectivity index (χ2n) is 6.94. The maximum Gasteiger partial charge on any atom is 0.272 e. The molecule has 1 N–H and O–H groups in total. The average molecular weight is 442 g/mol. The van der Waals surface area contributed by atoms with Gasteiger partial charge in [0.15, 0.2) is 5.16 Å². The number of fused-ring (bicyclic) bond motifs is 3. The van der Waals surface area contributed by atoms with Crippen LogP contribution in [0.2, 0.25) is 0 Å². The highest BCUT2D eigenvalue weighted by Crippen LogP contribution is 2.24. The van der Waals surface area contributed by atoms with E-state index < -0.39 is 0 Å². The Labute approximate surface area is 182 Å². The maximum atomic E-state index is 12.7. The van der Waals surface area contributed by atoms with E-state index in [1.165, 1.54) is 28.7 Å². The predicted octanol–water partition coefficient (Wildman–Crippen LogP) is 3.36. The van der Waals surface area contributed by atoms with Gasteiger partial charge >= 0.3 is 0 Å². The van der Waals surface area contributed by atoms with Crippen LogP contribution < -0.4 is 10.9 Å². The third-order valence-electron chi connectivity index (χ3n) is 4.77. The minimum absolute atomic E-state index is 0.0329. The number of hydrogen-bond acceptors (Lipinski definition) is 6. The number of benzene rings is 1. The Balaban J connectivity index is 1.42. The molecule has 9 heteroatoms. The number of nitrogens with zero attached hydrogens (tertiary/aromatic N) is 4. The van der Waals surface area contributed by atoms with E-state index in [1.54, 1.807) is 4.57 Å². The predicted molar refractivity (Wildman–Crippen MR) is 121 cm³/mol. The zero-order valence-corrected chi connectivity index (χ0v) is 18.3. The average Bonchev–Trinajstić information content (AvgIpc) is 3.40. The standard InChI is InChI=1S/C21H23N5O2S2/c1-2-12-25-19(28)18-16(10-13-29-18)26-20(25)23-24-21(26)30-14-17(27)22-11-6-9-15-7-4-3-5-8-15/h3-5,7-8,10,13H,2,6,9,11-12,14H2,1H3,(H,22,27). The minimum atomic E-state index is -0.0340. The van der Waals surface area contributed by atoms with Crippen LogP contribution in [0.5, 0.6) is 0 Å². The first-order valence-electron chi connectivity index (χ1n) is 9.97. The first-order valence-corrected chi connectivity index (χ1v) is 11.8. The van der Waals surface area contributed by atoms with Crippen LogP contribution in [-0.2, 0) is 17.8 Å². The Hall–Kier alpha value is -2.65. The number of carbonyl (C=O) groups is 1. The van der Waals surface area contributed by atoms with Gasteiger partial charge in [-0.1, -0.05) is 49.0 Å². The van der Waals surface area contributed by atoms with Crippen molar-refractivity contribution in [2.45, 2.75) is 37.9 Å². The highest BCUT2D eigenvalue weighted by Gasteiger charge is 2.18. The van der Waals surface area contributed by atoms with Crippen molar-refractivity contribution in [1.82, 2.24) is 24.5 Å². The summed E-state index contributed by atoms with van der Waals surface area (Å²) in [4.78, 5) is 25.0. The quantitative estimate of drug-likeness (QED) is 0.318. The van der Waals surface area contributed by atoms with Gasteiger partial charge in [-0.05, 0) is 36.3 Å². The fourth-order valence-corrected chi connectivity index (χ4v) is 4.96. The van der Waals surface area contributed by atoms with Gasteiger partial charge in [-0.25, -0.2) is 0 Å². The topological polar surface area (TPSA) is 81.3 Å². The molecular weight excluding hydrogens is 418 g/mol. The lowest BCUT2D eigenvalue weighted by atomic mass is 10.1. The summed E-state index contributed by atoms with van der Waals surface area (Å²) in [5, 5.41) is 14.0. The molecule has 156 valence electrons. The molecule has 1 aromatic carbocycles. The van der Waals surface area contributed by atoms with Gasteiger partial charge in [-0.2, -0.15) is 0 Å². The summed E-state index contributed by atoms with van der Waals surface area (Å²) in [5.41, 5.74) is 2.03. The lowest BCUT2D eigenvalue weighted by Gasteiger charge is -2.08. The zero-order valence-electron chi connectivity index (χ0n) is 16.7. The number of hydrogen-bond donors (Lipinski definition) is 1. The van der Waals surface area contributed by atoms with E-state index >= 15 is 0 Å². The van der Waals surface area contributed by atoms with Crippen LogP contribution in [-0.4, -0.2) is 37.4 Å². The molecule has 0 aliphatic carbocycles. The van der Waals surface area contributed by atoms with Crippen molar-refractivity contribution in [3.8, 4) is 0 Å². The molecular formula is C21H23N5O2S2. The van der Waals surface area contributed by atoms with Crippen LogP contribution in [0.1, 0.15) is 25.3 Å². The summed E-state index contributed by atoms with van der Waals surface area (Å²) >= 11 is 2.76. The molecule has 0 bridgehead atoms. The van der Waals surface area contributed by atoms with E-state index in [0.29, 0.717) is 28.7 Å². The molecule has 0 spiro atoms. The Bertz CT molecular complexity index is 1210. The molecule has 0 radical (unpaired) electrons.